The first-order chi connectivity index (χ1) is 10.1. The summed E-state index contributed by atoms with van der Waals surface area (Å²) in [5.41, 5.74) is -0.0213. The topological polar surface area (TPSA) is 32.8 Å². The zero-order valence-electron chi connectivity index (χ0n) is 12.1. The van der Waals surface area contributed by atoms with E-state index >= 15 is 0 Å². The number of nitrogens with zero attached hydrogens (tertiary/aromatic N) is 2. The molecule has 1 saturated heterocycles. The third kappa shape index (κ3) is 4.15. The Morgan fingerprint density at radius 3 is 2.67 bits per heavy atom. The summed E-state index contributed by atoms with van der Waals surface area (Å²) in [4.78, 5) is 16.3. The molecule has 0 aromatic heterocycles. The zero-order valence-corrected chi connectivity index (χ0v) is 12.9. The molecule has 0 unspecified atom stereocenters. The van der Waals surface area contributed by atoms with Crippen molar-refractivity contribution in [2.24, 2.45) is 0 Å². The minimum atomic E-state index is -0.560. The molecule has 1 aliphatic heterocycles. The molecule has 1 aliphatic rings. The van der Waals surface area contributed by atoms with Crippen LogP contribution in [-0.4, -0.2) is 62.1 Å². The fourth-order valence-corrected chi connectivity index (χ4v) is 2.71. The van der Waals surface area contributed by atoms with E-state index < -0.39 is 5.82 Å². The summed E-state index contributed by atoms with van der Waals surface area (Å²) in [5.74, 6) is -0.885. The number of carbonyl (C=O) groups excluding carboxylic acids is 1. The number of carbonyl (C=O) groups is 1. The Balaban J connectivity index is 1.91. The number of benzene rings is 1. The predicted octanol–water partition coefficient (Wildman–Crippen LogP) is 2.27. The zero-order chi connectivity index (χ0) is 15.2. The van der Waals surface area contributed by atoms with Gasteiger partial charge in [0.05, 0.1) is 10.6 Å². The number of amides is 1. The molecule has 0 atom stereocenters. The highest BCUT2D eigenvalue weighted by atomic mass is 35.5. The molecule has 1 aromatic rings. The molecule has 1 aromatic carbocycles. The van der Waals surface area contributed by atoms with Crippen LogP contribution < -0.4 is 0 Å². The Bertz CT molecular complexity index is 470. The Morgan fingerprint density at radius 2 is 2.05 bits per heavy atom. The van der Waals surface area contributed by atoms with Crippen molar-refractivity contribution in [3.05, 3.63) is 34.6 Å². The normalized spacial score (nSPS) is 16.2. The highest BCUT2D eigenvalue weighted by Gasteiger charge is 2.25. The van der Waals surface area contributed by atoms with Crippen LogP contribution in [0.3, 0.4) is 0 Å². The average molecular weight is 315 g/mol. The first-order valence-electron chi connectivity index (χ1n) is 7.08. The molecule has 0 radical (unpaired) electrons. The van der Waals surface area contributed by atoms with Gasteiger partial charge in [0.15, 0.2) is 0 Å². The lowest BCUT2D eigenvalue weighted by atomic mass is 10.1. The lowest BCUT2D eigenvalue weighted by Crippen LogP contribution is -2.49. The van der Waals surface area contributed by atoms with Gasteiger partial charge in [0.2, 0.25) is 0 Å². The molecule has 1 amide bonds. The molecule has 4 nitrogen and oxygen atoms in total. The fraction of sp³-hybridized carbons (Fsp3) is 0.533. The van der Waals surface area contributed by atoms with Crippen LogP contribution in [-0.2, 0) is 4.74 Å². The summed E-state index contributed by atoms with van der Waals surface area (Å²) in [5, 5.41) is 0.169. The van der Waals surface area contributed by atoms with Gasteiger partial charge in [0, 0.05) is 46.4 Å². The maximum atomic E-state index is 13.8. The van der Waals surface area contributed by atoms with Crippen molar-refractivity contribution in [3.8, 4) is 0 Å². The van der Waals surface area contributed by atoms with E-state index in [1.165, 1.54) is 12.1 Å². The van der Waals surface area contributed by atoms with Crippen LogP contribution in [0.4, 0.5) is 4.39 Å². The molecule has 116 valence electrons. The van der Waals surface area contributed by atoms with Gasteiger partial charge in [-0.3, -0.25) is 9.69 Å². The van der Waals surface area contributed by atoms with Crippen molar-refractivity contribution in [3.63, 3.8) is 0 Å². The third-order valence-electron chi connectivity index (χ3n) is 3.66. The van der Waals surface area contributed by atoms with Gasteiger partial charge in [0.1, 0.15) is 5.82 Å². The number of halogens is 2. The predicted molar refractivity (Wildman–Crippen MR) is 80.2 cm³/mol. The van der Waals surface area contributed by atoms with Gasteiger partial charge < -0.3 is 9.64 Å². The van der Waals surface area contributed by atoms with Crippen molar-refractivity contribution in [2.45, 2.75) is 6.42 Å². The minimum Gasteiger partial charge on any atom is -0.385 e. The van der Waals surface area contributed by atoms with Crippen molar-refractivity contribution >= 4 is 17.5 Å². The average Bonchev–Trinajstić information content (AvgIpc) is 2.48. The van der Waals surface area contributed by atoms with E-state index in [1.54, 1.807) is 18.1 Å². The van der Waals surface area contributed by atoms with Crippen LogP contribution in [0.5, 0.6) is 0 Å². The molecule has 6 heteroatoms. The molecule has 0 N–H and O–H groups in total. The summed E-state index contributed by atoms with van der Waals surface area (Å²) in [6.45, 7) is 4.47. The Labute approximate surface area is 129 Å². The lowest BCUT2D eigenvalue weighted by molar-refractivity contribution is 0.0620. The monoisotopic (exact) mass is 314 g/mol. The summed E-state index contributed by atoms with van der Waals surface area (Å²) in [6, 6.07) is 4.31. The summed E-state index contributed by atoms with van der Waals surface area (Å²) < 4.78 is 18.8. The number of rotatable bonds is 5. The van der Waals surface area contributed by atoms with Gasteiger partial charge in [-0.1, -0.05) is 17.7 Å². The Hall–Kier alpha value is -1.17. The van der Waals surface area contributed by atoms with Crippen molar-refractivity contribution in [2.75, 3.05) is 46.4 Å². The van der Waals surface area contributed by atoms with E-state index in [0.717, 1.165) is 32.7 Å². The van der Waals surface area contributed by atoms with Crippen LogP contribution in [0.15, 0.2) is 18.2 Å². The van der Waals surface area contributed by atoms with Gasteiger partial charge in [-0.05, 0) is 18.6 Å². The molecule has 0 saturated carbocycles. The van der Waals surface area contributed by atoms with E-state index in [-0.39, 0.29) is 16.5 Å². The molecule has 0 aliphatic carbocycles. The van der Waals surface area contributed by atoms with Gasteiger partial charge in [0.25, 0.3) is 5.91 Å². The lowest BCUT2D eigenvalue weighted by Gasteiger charge is -2.34. The van der Waals surface area contributed by atoms with E-state index in [9.17, 15) is 9.18 Å². The second-order valence-corrected chi connectivity index (χ2v) is 5.48. The van der Waals surface area contributed by atoms with Gasteiger partial charge in [-0.15, -0.1) is 0 Å². The van der Waals surface area contributed by atoms with Crippen LogP contribution in [0.2, 0.25) is 5.02 Å². The van der Waals surface area contributed by atoms with Crippen LogP contribution in [0, 0.1) is 5.82 Å². The highest BCUT2D eigenvalue weighted by Crippen LogP contribution is 2.21. The maximum absolute atomic E-state index is 13.8. The molecule has 0 bridgehead atoms. The smallest absolute Gasteiger partial charge is 0.258 e. The van der Waals surface area contributed by atoms with Crippen LogP contribution in [0.1, 0.15) is 16.8 Å². The molecule has 21 heavy (non-hydrogen) atoms. The molecule has 1 fully saturated rings. The molecular formula is C15H20ClFN2O2. The van der Waals surface area contributed by atoms with E-state index in [1.807, 2.05) is 0 Å². The number of ether oxygens (including phenoxy) is 1. The SMILES string of the molecule is COCCCN1CCN(C(=O)c2c(F)cccc2Cl)CC1. The largest absolute Gasteiger partial charge is 0.385 e. The van der Waals surface area contributed by atoms with Crippen molar-refractivity contribution in [1.82, 2.24) is 9.80 Å². The second-order valence-electron chi connectivity index (χ2n) is 5.08. The van der Waals surface area contributed by atoms with Gasteiger partial charge in [-0.2, -0.15) is 0 Å². The quantitative estimate of drug-likeness (QED) is 0.782. The van der Waals surface area contributed by atoms with E-state index in [2.05, 4.69) is 4.90 Å². The number of hydrogen-bond acceptors (Lipinski definition) is 3. The number of methoxy groups -OCH3 is 1. The van der Waals surface area contributed by atoms with Gasteiger partial charge >= 0.3 is 0 Å². The van der Waals surface area contributed by atoms with E-state index in [4.69, 9.17) is 16.3 Å². The van der Waals surface area contributed by atoms with Crippen molar-refractivity contribution in [1.29, 1.82) is 0 Å². The Kier molecular flexibility index (Phi) is 5.96. The van der Waals surface area contributed by atoms with Crippen molar-refractivity contribution < 1.29 is 13.9 Å². The molecule has 0 spiro atoms. The Morgan fingerprint density at radius 1 is 1.33 bits per heavy atom. The first-order valence-corrected chi connectivity index (χ1v) is 7.46. The first kappa shape index (κ1) is 16.2. The van der Waals surface area contributed by atoms with E-state index in [0.29, 0.717) is 13.1 Å². The standard InChI is InChI=1S/C15H20ClFN2O2/c1-21-11-3-6-18-7-9-19(10-8-18)15(20)14-12(16)4-2-5-13(14)17/h2,4-5H,3,6-11H2,1H3. The second kappa shape index (κ2) is 7.73. The molecular weight excluding hydrogens is 295 g/mol. The summed E-state index contributed by atoms with van der Waals surface area (Å²) >= 11 is 5.94. The molecule has 2 rings (SSSR count). The summed E-state index contributed by atoms with van der Waals surface area (Å²) in [7, 11) is 1.69. The number of piperazine rings is 1. The highest BCUT2D eigenvalue weighted by molar-refractivity contribution is 6.33. The summed E-state index contributed by atoms with van der Waals surface area (Å²) in [6.07, 6.45) is 0.976. The third-order valence-corrected chi connectivity index (χ3v) is 3.97. The maximum Gasteiger partial charge on any atom is 0.258 e. The van der Waals surface area contributed by atoms with Crippen LogP contribution >= 0.6 is 11.6 Å². The number of hydrogen-bond donors (Lipinski definition) is 0. The minimum absolute atomic E-state index is 0.0213. The van der Waals surface area contributed by atoms with Crippen LogP contribution in [0.25, 0.3) is 0 Å². The fourth-order valence-electron chi connectivity index (χ4n) is 2.47. The van der Waals surface area contributed by atoms with Gasteiger partial charge in [-0.25, -0.2) is 4.39 Å². The molecule has 1 heterocycles.